The van der Waals surface area contributed by atoms with Crippen molar-refractivity contribution in [3.8, 4) is 5.75 Å². The Morgan fingerprint density at radius 1 is 1.06 bits per heavy atom. The van der Waals surface area contributed by atoms with Crippen LogP contribution in [0.15, 0.2) is 53.3 Å². The first kappa shape index (κ1) is 21.5. The summed E-state index contributed by atoms with van der Waals surface area (Å²) in [6.45, 7) is 5.47. The van der Waals surface area contributed by atoms with E-state index in [9.17, 15) is 9.59 Å². The predicted octanol–water partition coefficient (Wildman–Crippen LogP) is 3.43. The molecule has 0 radical (unpaired) electrons. The number of hydrogen-bond donors (Lipinski definition) is 2. The minimum atomic E-state index is -0.241. The molecule has 3 aromatic rings. The summed E-state index contributed by atoms with van der Waals surface area (Å²) in [5, 5.41) is 4.28. The van der Waals surface area contributed by atoms with Crippen LogP contribution in [0.3, 0.4) is 0 Å². The fraction of sp³-hybridized carbons (Fsp3) is 0.333. The van der Waals surface area contributed by atoms with Gasteiger partial charge in [0.2, 0.25) is 0 Å². The normalized spacial score (nSPS) is 13.8. The molecule has 0 saturated carbocycles. The average Bonchev–Trinajstić information content (AvgIpc) is 2.83. The largest absolute Gasteiger partial charge is 0.497 e. The Morgan fingerprint density at radius 3 is 2.50 bits per heavy atom. The van der Waals surface area contributed by atoms with Gasteiger partial charge in [0.05, 0.1) is 19.2 Å². The summed E-state index contributed by atoms with van der Waals surface area (Å²) in [6.07, 6.45) is -0.241. The van der Waals surface area contributed by atoms with Gasteiger partial charge in [0, 0.05) is 55.7 Å². The van der Waals surface area contributed by atoms with Gasteiger partial charge >= 0.3 is 6.09 Å². The number of piperazine rings is 1. The Bertz CT molecular complexity index is 1130. The summed E-state index contributed by atoms with van der Waals surface area (Å²) in [5.41, 5.74) is 3.35. The molecule has 1 amide bonds. The van der Waals surface area contributed by atoms with Crippen LogP contribution >= 0.6 is 0 Å². The zero-order chi connectivity index (χ0) is 22.5. The van der Waals surface area contributed by atoms with E-state index in [4.69, 9.17) is 9.47 Å². The molecule has 1 aliphatic rings. The zero-order valence-electron chi connectivity index (χ0n) is 18.4. The van der Waals surface area contributed by atoms with Crippen molar-refractivity contribution in [2.24, 2.45) is 0 Å². The molecule has 1 saturated heterocycles. The molecular formula is C24H28N4O4. The molecule has 1 aliphatic heterocycles. The number of nitrogens with zero attached hydrogens (tertiary/aromatic N) is 2. The van der Waals surface area contributed by atoms with Crippen molar-refractivity contribution >= 4 is 28.4 Å². The van der Waals surface area contributed by atoms with Crippen molar-refractivity contribution in [3.63, 3.8) is 0 Å². The summed E-state index contributed by atoms with van der Waals surface area (Å²) in [6, 6.07) is 15.7. The van der Waals surface area contributed by atoms with E-state index < -0.39 is 0 Å². The second-order valence-corrected chi connectivity index (χ2v) is 7.65. The molecule has 168 valence electrons. The highest BCUT2D eigenvalue weighted by Crippen LogP contribution is 2.21. The number of aromatic amines is 1. The van der Waals surface area contributed by atoms with Crippen LogP contribution in [0.4, 0.5) is 16.2 Å². The number of ether oxygens (including phenoxy) is 2. The molecule has 2 aromatic carbocycles. The van der Waals surface area contributed by atoms with E-state index in [-0.39, 0.29) is 11.7 Å². The van der Waals surface area contributed by atoms with E-state index in [0.717, 1.165) is 35.4 Å². The minimum Gasteiger partial charge on any atom is -0.497 e. The van der Waals surface area contributed by atoms with Gasteiger partial charge in [0.15, 0.2) is 0 Å². The Hall–Kier alpha value is -3.68. The second kappa shape index (κ2) is 9.64. The molecule has 2 heterocycles. The number of pyridine rings is 1. The van der Waals surface area contributed by atoms with Crippen LogP contribution in [0.1, 0.15) is 12.5 Å². The van der Waals surface area contributed by atoms with E-state index in [1.807, 2.05) is 43.3 Å². The quantitative estimate of drug-likeness (QED) is 0.616. The number of carbonyl (C=O) groups is 1. The van der Waals surface area contributed by atoms with Gasteiger partial charge in [-0.15, -0.1) is 0 Å². The number of fused-ring (bicyclic) bond motifs is 1. The Labute approximate surface area is 186 Å². The van der Waals surface area contributed by atoms with Gasteiger partial charge in [0.25, 0.3) is 5.56 Å². The summed E-state index contributed by atoms with van der Waals surface area (Å²) in [7, 11) is 1.60. The highest BCUT2D eigenvalue weighted by molar-refractivity contribution is 5.80. The molecule has 2 N–H and O–H groups in total. The fourth-order valence-corrected chi connectivity index (χ4v) is 3.83. The fourth-order valence-electron chi connectivity index (χ4n) is 3.83. The zero-order valence-corrected chi connectivity index (χ0v) is 18.4. The lowest BCUT2D eigenvalue weighted by molar-refractivity contribution is 0.105. The lowest BCUT2D eigenvalue weighted by Gasteiger charge is -2.35. The summed E-state index contributed by atoms with van der Waals surface area (Å²) in [5.74, 6) is 0.710. The van der Waals surface area contributed by atoms with Gasteiger partial charge in [-0.2, -0.15) is 0 Å². The number of rotatable bonds is 6. The Kier molecular flexibility index (Phi) is 6.49. The third-order valence-corrected chi connectivity index (χ3v) is 5.65. The highest BCUT2D eigenvalue weighted by Gasteiger charge is 2.21. The molecule has 8 nitrogen and oxygen atoms in total. The molecule has 8 heteroatoms. The van der Waals surface area contributed by atoms with Gasteiger partial charge in [0.1, 0.15) is 5.75 Å². The van der Waals surface area contributed by atoms with E-state index in [2.05, 4.69) is 27.3 Å². The SMILES string of the molecule is CCOC(=O)N1CCN(c2ccc(NCc3cc4ccc(OC)cc4[nH]c3=O)cc2)CC1. The number of carbonyl (C=O) groups excluding carboxylic acids is 1. The number of benzene rings is 2. The Morgan fingerprint density at radius 2 is 1.81 bits per heavy atom. The van der Waals surface area contributed by atoms with Crippen LogP contribution < -0.4 is 20.5 Å². The first-order chi connectivity index (χ1) is 15.6. The second-order valence-electron chi connectivity index (χ2n) is 7.65. The van der Waals surface area contributed by atoms with Crippen molar-refractivity contribution in [3.05, 3.63) is 64.4 Å². The third kappa shape index (κ3) is 4.80. The molecule has 0 spiro atoms. The number of methoxy groups -OCH3 is 1. The molecule has 32 heavy (non-hydrogen) atoms. The molecule has 0 atom stereocenters. The molecule has 0 aliphatic carbocycles. The maximum absolute atomic E-state index is 12.5. The van der Waals surface area contributed by atoms with Crippen molar-refractivity contribution in [2.75, 3.05) is 50.1 Å². The van der Waals surface area contributed by atoms with Crippen LogP contribution in [-0.2, 0) is 11.3 Å². The summed E-state index contributed by atoms with van der Waals surface area (Å²) in [4.78, 5) is 31.2. The molecule has 4 rings (SSSR count). The molecule has 0 bridgehead atoms. The molecule has 1 aromatic heterocycles. The third-order valence-electron chi connectivity index (χ3n) is 5.65. The highest BCUT2D eigenvalue weighted by atomic mass is 16.6. The van der Waals surface area contributed by atoms with Gasteiger partial charge in [-0.25, -0.2) is 4.79 Å². The van der Waals surface area contributed by atoms with Gasteiger partial charge in [-0.1, -0.05) is 0 Å². The number of nitrogens with one attached hydrogen (secondary N) is 2. The van der Waals surface area contributed by atoms with E-state index in [1.165, 1.54) is 0 Å². The van der Waals surface area contributed by atoms with Crippen LogP contribution in [0.2, 0.25) is 0 Å². The van der Waals surface area contributed by atoms with Crippen molar-refractivity contribution in [2.45, 2.75) is 13.5 Å². The number of H-pyrrole nitrogens is 1. The Balaban J connectivity index is 1.36. The minimum absolute atomic E-state index is 0.116. The molecular weight excluding hydrogens is 408 g/mol. The maximum atomic E-state index is 12.5. The van der Waals surface area contributed by atoms with Gasteiger partial charge in [-0.3, -0.25) is 4.79 Å². The monoisotopic (exact) mass is 436 g/mol. The number of anilines is 2. The van der Waals surface area contributed by atoms with Crippen LogP contribution in [0.25, 0.3) is 10.9 Å². The van der Waals surface area contributed by atoms with Crippen LogP contribution in [0.5, 0.6) is 5.75 Å². The predicted molar refractivity (Wildman–Crippen MR) is 126 cm³/mol. The average molecular weight is 437 g/mol. The lowest BCUT2D eigenvalue weighted by atomic mass is 10.1. The lowest BCUT2D eigenvalue weighted by Crippen LogP contribution is -2.49. The van der Waals surface area contributed by atoms with Crippen molar-refractivity contribution in [1.29, 1.82) is 0 Å². The number of amides is 1. The van der Waals surface area contributed by atoms with Crippen molar-refractivity contribution in [1.82, 2.24) is 9.88 Å². The smallest absolute Gasteiger partial charge is 0.409 e. The first-order valence-corrected chi connectivity index (χ1v) is 10.8. The first-order valence-electron chi connectivity index (χ1n) is 10.8. The van der Waals surface area contributed by atoms with Crippen LogP contribution in [-0.4, -0.2) is 55.9 Å². The topological polar surface area (TPSA) is 86.9 Å². The van der Waals surface area contributed by atoms with Crippen LogP contribution in [0, 0.1) is 0 Å². The van der Waals surface area contributed by atoms with Gasteiger partial charge < -0.3 is 29.6 Å². The van der Waals surface area contributed by atoms with E-state index in [1.54, 1.807) is 12.0 Å². The maximum Gasteiger partial charge on any atom is 0.409 e. The number of hydrogen-bond acceptors (Lipinski definition) is 6. The summed E-state index contributed by atoms with van der Waals surface area (Å²) < 4.78 is 10.3. The van der Waals surface area contributed by atoms with E-state index >= 15 is 0 Å². The summed E-state index contributed by atoms with van der Waals surface area (Å²) >= 11 is 0. The molecule has 0 unspecified atom stereocenters. The van der Waals surface area contributed by atoms with Gasteiger partial charge in [-0.05, 0) is 54.8 Å². The molecule has 1 fully saturated rings. The number of aromatic nitrogens is 1. The van der Waals surface area contributed by atoms with Crippen molar-refractivity contribution < 1.29 is 14.3 Å². The van der Waals surface area contributed by atoms with E-state index in [0.29, 0.717) is 37.6 Å². The standard InChI is InChI=1S/C24H28N4O4/c1-3-32-24(30)28-12-10-27(11-13-28)20-7-5-19(6-8-20)25-16-18-14-17-4-9-21(31-2)15-22(17)26-23(18)29/h4-9,14-15,25H,3,10-13,16H2,1-2H3,(H,26,29).